The topological polar surface area (TPSA) is 84.2 Å². The third-order valence-corrected chi connectivity index (χ3v) is 4.28. The van der Waals surface area contributed by atoms with Crippen LogP contribution in [0.4, 0.5) is 11.4 Å². The Bertz CT molecular complexity index is 957. The number of carbonyl (C=O) groups excluding carboxylic acids is 2. The Hall–Kier alpha value is -3.31. The molecule has 0 bridgehead atoms. The molecule has 27 heavy (non-hydrogen) atoms. The molecule has 0 radical (unpaired) electrons. The van der Waals surface area contributed by atoms with E-state index >= 15 is 0 Å². The molecule has 136 valence electrons. The quantitative estimate of drug-likeness (QED) is 0.601. The number of primary amides is 1. The van der Waals surface area contributed by atoms with Gasteiger partial charge in [0.05, 0.1) is 17.1 Å². The van der Waals surface area contributed by atoms with E-state index in [1.807, 2.05) is 54.6 Å². The van der Waals surface area contributed by atoms with Crippen LogP contribution in [0.3, 0.4) is 0 Å². The minimum atomic E-state index is -0.594. The predicted molar refractivity (Wildman–Crippen MR) is 109 cm³/mol. The van der Waals surface area contributed by atoms with Crippen LogP contribution in [0, 0.1) is 0 Å². The Morgan fingerprint density at radius 3 is 2.11 bits per heavy atom. The number of nitrogens with one attached hydrogen (secondary N) is 2. The molecule has 0 aromatic heterocycles. The zero-order chi connectivity index (χ0) is 19.2. The van der Waals surface area contributed by atoms with Crippen molar-refractivity contribution in [3.05, 3.63) is 83.4 Å². The van der Waals surface area contributed by atoms with Crippen molar-refractivity contribution < 1.29 is 9.59 Å². The van der Waals surface area contributed by atoms with Crippen molar-refractivity contribution >= 4 is 34.8 Å². The molecule has 5 nitrogen and oxygen atoms in total. The SMILES string of the molecule is NC(=O)c1ccc(NCC(=O)Nc2ccc(-c3ccccc3)cc2)cc1Cl. The van der Waals surface area contributed by atoms with Gasteiger partial charge in [0.25, 0.3) is 0 Å². The summed E-state index contributed by atoms with van der Waals surface area (Å²) in [5.41, 5.74) is 8.99. The van der Waals surface area contributed by atoms with Gasteiger partial charge in [0.2, 0.25) is 11.8 Å². The highest BCUT2D eigenvalue weighted by atomic mass is 35.5. The first-order chi connectivity index (χ1) is 13.0. The molecule has 0 saturated heterocycles. The van der Waals surface area contributed by atoms with Gasteiger partial charge >= 0.3 is 0 Å². The van der Waals surface area contributed by atoms with Crippen molar-refractivity contribution in [1.29, 1.82) is 0 Å². The lowest BCUT2D eigenvalue weighted by Crippen LogP contribution is -2.21. The van der Waals surface area contributed by atoms with Gasteiger partial charge in [-0.05, 0) is 41.5 Å². The number of halogens is 1. The second-order valence-electron chi connectivity index (χ2n) is 5.90. The van der Waals surface area contributed by atoms with Crippen molar-refractivity contribution in [2.45, 2.75) is 0 Å². The van der Waals surface area contributed by atoms with Crippen molar-refractivity contribution in [3.63, 3.8) is 0 Å². The van der Waals surface area contributed by atoms with Crippen LogP contribution in [-0.2, 0) is 4.79 Å². The molecule has 0 unspecified atom stereocenters. The summed E-state index contributed by atoms with van der Waals surface area (Å²) in [6, 6.07) is 22.4. The van der Waals surface area contributed by atoms with Crippen LogP contribution < -0.4 is 16.4 Å². The van der Waals surface area contributed by atoms with E-state index in [2.05, 4.69) is 10.6 Å². The first-order valence-corrected chi connectivity index (χ1v) is 8.69. The molecular formula is C21H18ClN3O2. The van der Waals surface area contributed by atoms with Crippen LogP contribution in [0.25, 0.3) is 11.1 Å². The number of anilines is 2. The highest BCUT2D eigenvalue weighted by Crippen LogP contribution is 2.22. The number of hydrogen-bond donors (Lipinski definition) is 3. The van der Waals surface area contributed by atoms with Gasteiger partial charge in [-0.15, -0.1) is 0 Å². The predicted octanol–water partition coefficient (Wildman–Crippen LogP) is 4.16. The number of carbonyl (C=O) groups is 2. The van der Waals surface area contributed by atoms with Crippen LogP contribution in [-0.4, -0.2) is 18.4 Å². The molecule has 0 aliphatic rings. The molecule has 0 saturated carbocycles. The molecular weight excluding hydrogens is 362 g/mol. The van der Waals surface area contributed by atoms with Crippen LogP contribution in [0.15, 0.2) is 72.8 Å². The maximum Gasteiger partial charge on any atom is 0.250 e. The van der Waals surface area contributed by atoms with Gasteiger partial charge in [-0.1, -0.05) is 54.1 Å². The van der Waals surface area contributed by atoms with Crippen LogP contribution in [0.5, 0.6) is 0 Å². The smallest absolute Gasteiger partial charge is 0.250 e. The van der Waals surface area contributed by atoms with E-state index in [1.165, 1.54) is 6.07 Å². The van der Waals surface area contributed by atoms with E-state index in [0.717, 1.165) is 11.1 Å². The monoisotopic (exact) mass is 379 g/mol. The minimum Gasteiger partial charge on any atom is -0.376 e. The summed E-state index contributed by atoms with van der Waals surface area (Å²) in [4.78, 5) is 23.3. The third kappa shape index (κ3) is 4.86. The zero-order valence-corrected chi connectivity index (χ0v) is 15.2. The molecule has 6 heteroatoms. The van der Waals surface area contributed by atoms with Crippen LogP contribution in [0.1, 0.15) is 10.4 Å². The van der Waals surface area contributed by atoms with Crippen molar-refractivity contribution in [2.75, 3.05) is 17.2 Å². The summed E-state index contributed by atoms with van der Waals surface area (Å²) >= 11 is 5.99. The van der Waals surface area contributed by atoms with E-state index in [0.29, 0.717) is 11.4 Å². The van der Waals surface area contributed by atoms with Crippen molar-refractivity contribution in [2.24, 2.45) is 5.73 Å². The molecule has 0 atom stereocenters. The van der Waals surface area contributed by atoms with Crippen molar-refractivity contribution in [1.82, 2.24) is 0 Å². The van der Waals surface area contributed by atoms with Crippen LogP contribution in [0.2, 0.25) is 5.02 Å². The van der Waals surface area contributed by atoms with Gasteiger partial charge in [-0.2, -0.15) is 0 Å². The standard InChI is InChI=1S/C21H18ClN3O2/c22-19-12-17(10-11-18(19)21(23)27)24-13-20(26)25-16-8-6-15(7-9-16)14-4-2-1-3-5-14/h1-12,24H,13H2,(H2,23,27)(H,25,26). The van der Waals surface area contributed by atoms with E-state index in [4.69, 9.17) is 17.3 Å². The average Bonchev–Trinajstić information content (AvgIpc) is 2.67. The van der Waals surface area contributed by atoms with Gasteiger partial charge in [-0.3, -0.25) is 9.59 Å². The molecule has 4 N–H and O–H groups in total. The van der Waals surface area contributed by atoms with E-state index in [9.17, 15) is 9.59 Å². The highest BCUT2D eigenvalue weighted by molar-refractivity contribution is 6.34. The summed E-state index contributed by atoms with van der Waals surface area (Å²) in [6.07, 6.45) is 0. The normalized spacial score (nSPS) is 10.3. The number of hydrogen-bond acceptors (Lipinski definition) is 3. The molecule has 2 amide bonds. The molecule has 0 aliphatic heterocycles. The number of nitrogens with two attached hydrogens (primary N) is 1. The number of amides is 2. The largest absolute Gasteiger partial charge is 0.376 e. The minimum absolute atomic E-state index is 0.0622. The Labute approximate surface area is 162 Å². The first-order valence-electron chi connectivity index (χ1n) is 8.31. The third-order valence-electron chi connectivity index (χ3n) is 3.96. The summed E-state index contributed by atoms with van der Waals surface area (Å²) in [7, 11) is 0. The first kappa shape index (κ1) is 18.5. The average molecular weight is 380 g/mol. The zero-order valence-electron chi connectivity index (χ0n) is 14.4. The second-order valence-corrected chi connectivity index (χ2v) is 6.31. The summed E-state index contributed by atoms with van der Waals surface area (Å²) in [5.74, 6) is -0.791. The van der Waals surface area contributed by atoms with E-state index < -0.39 is 5.91 Å². The molecule has 0 heterocycles. The summed E-state index contributed by atoms with van der Waals surface area (Å²) in [6.45, 7) is 0.0622. The van der Waals surface area contributed by atoms with Gasteiger partial charge in [0.1, 0.15) is 0 Å². The summed E-state index contributed by atoms with van der Waals surface area (Å²) < 4.78 is 0. The lowest BCUT2D eigenvalue weighted by Gasteiger charge is -2.10. The fraction of sp³-hybridized carbons (Fsp3) is 0.0476. The van der Waals surface area contributed by atoms with E-state index in [1.54, 1.807) is 12.1 Å². The van der Waals surface area contributed by atoms with Gasteiger partial charge in [0.15, 0.2) is 0 Å². The Kier molecular flexibility index (Phi) is 5.74. The Morgan fingerprint density at radius 2 is 1.48 bits per heavy atom. The van der Waals surface area contributed by atoms with Gasteiger partial charge < -0.3 is 16.4 Å². The molecule has 3 rings (SSSR count). The Morgan fingerprint density at radius 1 is 0.852 bits per heavy atom. The lowest BCUT2D eigenvalue weighted by molar-refractivity contribution is -0.114. The van der Waals surface area contributed by atoms with Gasteiger partial charge in [0, 0.05) is 11.4 Å². The molecule has 0 spiro atoms. The Balaban J connectivity index is 1.56. The second kappa shape index (κ2) is 8.38. The lowest BCUT2D eigenvalue weighted by atomic mass is 10.1. The summed E-state index contributed by atoms with van der Waals surface area (Å²) in [5, 5.41) is 6.03. The van der Waals surface area contributed by atoms with Crippen molar-refractivity contribution in [3.8, 4) is 11.1 Å². The fourth-order valence-electron chi connectivity index (χ4n) is 2.59. The highest BCUT2D eigenvalue weighted by Gasteiger charge is 2.08. The maximum absolute atomic E-state index is 12.1. The maximum atomic E-state index is 12.1. The molecule has 0 aliphatic carbocycles. The van der Waals surface area contributed by atoms with Gasteiger partial charge in [-0.25, -0.2) is 0 Å². The number of benzene rings is 3. The fourth-order valence-corrected chi connectivity index (χ4v) is 2.86. The molecule has 3 aromatic carbocycles. The molecule has 0 fully saturated rings. The van der Waals surface area contributed by atoms with Crippen LogP contribution >= 0.6 is 11.6 Å². The van der Waals surface area contributed by atoms with E-state index in [-0.39, 0.29) is 23.0 Å². The number of rotatable bonds is 6. The molecule has 3 aromatic rings.